The average Bonchev–Trinajstić information content (AvgIpc) is 2.83. The molecule has 0 radical (unpaired) electrons. The number of hydrogen-bond acceptors (Lipinski definition) is 2. The van der Waals surface area contributed by atoms with Crippen molar-refractivity contribution in [3.63, 3.8) is 0 Å². The normalized spacial score (nSPS) is 15.2. The summed E-state index contributed by atoms with van der Waals surface area (Å²) in [5.74, 6) is 0. The molecule has 1 N–H and O–H groups in total. The van der Waals surface area contributed by atoms with E-state index in [-0.39, 0.29) is 0 Å². The Morgan fingerprint density at radius 2 is 1.82 bits per heavy atom. The molecule has 3 rings (SSSR count). The van der Waals surface area contributed by atoms with Gasteiger partial charge in [-0.1, -0.05) is 36.0 Å². The third kappa shape index (κ3) is 2.12. The zero-order valence-electron chi connectivity index (χ0n) is 10.2. The van der Waals surface area contributed by atoms with Crippen molar-refractivity contribution in [3.05, 3.63) is 46.8 Å². The van der Waals surface area contributed by atoms with Crippen LogP contribution in [0.5, 0.6) is 0 Å². The van der Waals surface area contributed by atoms with Gasteiger partial charge in [-0.3, -0.25) is 0 Å². The Balaban J connectivity index is 1.73. The number of imidazole rings is 1. The van der Waals surface area contributed by atoms with Crippen molar-refractivity contribution >= 4 is 11.8 Å². The van der Waals surface area contributed by atoms with Gasteiger partial charge in [-0.05, 0) is 37.8 Å². The maximum absolute atomic E-state index is 4.54. The summed E-state index contributed by atoms with van der Waals surface area (Å²) in [6, 6.07) is 8.75. The summed E-state index contributed by atoms with van der Waals surface area (Å²) in [6.07, 6.45) is 2.33. The molecular formula is C14H16N2S. The lowest BCUT2D eigenvalue weighted by molar-refractivity contribution is 0.916. The largest absolute Gasteiger partial charge is 0.337 e. The van der Waals surface area contributed by atoms with E-state index in [9.17, 15) is 0 Å². The summed E-state index contributed by atoms with van der Waals surface area (Å²) >= 11 is 1.88. The Hall–Kier alpha value is -1.22. The van der Waals surface area contributed by atoms with Crippen molar-refractivity contribution in [3.8, 4) is 0 Å². The van der Waals surface area contributed by atoms with Gasteiger partial charge in [0, 0.05) is 10.9 Å². The van der Waals surface area contributed by atoms with Crippen molar-refractivity contribution in [1.29, 1.82) is 0 Å². The van der Waals surface area contributed by atoms with E-state index in [1.807, 2.05) is 11.8 Å². The lowest BCUT2D eigenvalue weighted by atomic mass is 10.1. The minimum absolute atomic E-state index is 0.636. The topological polar surface area (TPSA) is 28.7 Å². The lowest BCUT2D eigenvalue weighted by Gasteiger charge is -2.04. The quantitative estimate of drug-likeness (QED) is 0.878. The number of thioether (sulfide) groups is 1. The Labute approximate surface area is 106 Å². The van der Waals surface area contributed by atoms with E-state index < -0.39 is 0 Å². The third-order valence-corrected chi connectivity index (χ3v) is 4.48. The highest BCUT2D eigenvalue weighted by molar-refractivity contribution is 7.99. The Morgan fingerprint density at radius 1 is 1.18 bits per heavy atom. The molecule has 0 saturated carbocycles. The van der Waals surface area contributed by atoms with Crippen molar-refractivity contribution < 1.29 is 0 Å². The summed E-state index contributed by atoms with van der Waals surface area (Å²) in [5.41, 5.74) is 5.31. The van der Waals surface area contributed by atoms with Crippen LogP contribution in [0.25, 0.3) is 0 Å². The predicted octanol–water partition coefficient (Wildman–Crippen LogP) is 3.29. The first-order valence-corrected chi connectivity index (χ1v) is 6.87. The Bertz CT molecular complexity index is 500. The first-order chi connectivity index (χ1) is 8.22. The van der Waals surface area contributed by atoms with Crippen LogP contribution in [-0.2, 0) is 12.8 Å². The number of benzene rings is 1. The molecule has 0 bridgehead atoms. The minimum Gasteiger partial charge on any atom is -0.337 e. The fourth-order valence-electron chi connectivity index (χ4n) is 2.33. The van der Waals surface area contributed by atoms with E-state index >= 15 is 0 Å². The summed E-state index contributed by atoms with van der Waals surface area (Å²) < 4.78 is 0. The molecule has 0 fully saturated rings. The van der Waals surface area contributed by atoms with E-state index in [1.165, 1.54) is 29.7 Å². The van der Waals surface area contributed by atoms with Crippen LogP contribution in [0.4, 0.5) is 0 Å². The molecule has 0 amide bonds. The molecule has 1 aliphatic carbocycles. The molecule has 1 heterocycles. The van der Waals surface area contributed by atoms with Gasteiger partial charge in [-0.25, -0.2) is 4.98 Å². The summed E-state index contributed by atoms with van der Waals surface area (Å²) in [4.78, 5) is 7.89. The highest BCUT2D eigenvalue weighted by Gasteiger charge is 2.22. The summed E-state index contributed by atoms with van der Waals surface area (Å²) in [7, 11) is 0. The zero-order chi connectivity index (χ0) is 11.8. The molecule has 17 heavy (non-hydrogen) atoms. The standard InChI is InChI=1S/C14H16N2S/c1-9-10(2)16-14(15-9)17-13-7-11-5-3-4-6-12(11)8-13/h3-6,13H,7-8H2,1-2H3,(H,15,16). The van der Waals surface area contributed by atoms with Crippen LogP contribution in [0.3, 0.4) is 0 Å². The number of hydrogen-bond donors (Lipinski definition) is 1. The first kappa shape index (κ1) is 10.9. The van der Waals surface area contributed by atoms with Crippen LogP contribution in [0.15, 0.2) is 29.4 Å². The number of rotatable bonds is 2. The third-order valence-electron chi connectivity index (χ3n) is 3.40. The number of nitrogens with one attached hydrogen (secondary N) is 1. The second-order valence-electron chi connectivity index (χ2n) is 4.67. The van der Waals surface area contributed by atoms with Gasteiger partial charge >= 0.3 is 0 Å². The highest BCUT2D eigenvalue weighted by Crippen LogP contribution is 2.33. The molecule has 2 nitrogen and oxygen atoms in total. The van der Waals surface area contributed by atoms with Crippen molar-refractivity contribution in [2.24, 2.45) is 0 Å². The van der Waals surface area contributed by atoms with Gasteiger partial charge in [0.15, 0.2) is 5.16 Å². The number of aromatic amines is 1. The van der Waals surface area contributed by atoms with Gasteiger partial charge in [-0.15, -0.1) is 0 Å². The van der Waals surface area contributed by atoms with Gasteiger partial charge in [0.1, 0.15) is 0 Å². The van der Waals surface area contributed by atoms with E-state index in [4.69, 9.17) is 0 Å². The van der Waals surface area contributed by atoms with E-state index in [1.54, 1.807) is 0 Å². The molecule has 0 atom stereocenters. The van der Waals surface area contributed by atoms with E-state index in [0.29, 0.717) is 5.25 Å². The van der Waals surface area contributed by atoms with Gasteiger partial charge in [0.2, 0.25) is 0 Å². The maximum Gasteiger partial charge on any atom is 0.166 e. The monoisotopic (exact) mass is 244 g/mol. The van der Waals surface area contributed by atoms with Crippen LogP contribution < -0.4 is 0 Å². The molecular weight excluding hydrogens is 228 g/mol. The number of nitrogens with zero attached hydrogens (tertiary/aromatic N) is 1. The average molecular weight is 244 g/mol. The Kier molecular flexibility index (Phi) is 2.71. The van der Waals surface area contributed by atoms with Crippen molar-refractivity contribution in [2.75, 3.05) is 0 Å². The van der Waals surface area contributed by atoms with Crippen LogP contribution >= 0.6 is 11.8 Å². The summed E-state index contributed by atoms with van der Waals surface area (Å²) in [6.45, 7) is 4.13. The molecule has 3 heteroatoms. The maximum atomic E-state index is 4.54. The predicted molar refractivity (Wildman–Crippen MR) is 71.6 cm³/mol. The van der Waals surface area contributed by atoms with E-state index in [2.05, 4.69) is 48.1 Å². The molecule has 1 aromatic heterocycles. The van der Waals surface area contributed by atoms with Crippen LogP contribution in [-0.4, -0.2) is 15.2 Å². The molecule has 0 spiro atoms. The minimum atomic E-state index is 0.636. The molecule has 2 aromatic rings. The molecule has 1 aromatic carbocycles. The molecule has 0 aliphatic heterocycles. The van der Waals surface area contributed by atoms with Crippen molar-refractivity contribution in [1.82, 2.24) is 9.97 Å². The molecule has 1 aliphatic rings. The second kappa shape index (κ2) is 4.22. The summed E-state index contributed by atoms with van der Waals surface area (Å²) in [5, 5.41) is 1.70. The highest BCUT2D eigenvalue weighted by atomic mass is 32.2. The van der Waals surface area contributed by atoms with Crippen molar-refractivity contribution in [2.45, 2.75) is 37.1 Å². The lowest BCUT2D eigenvalue weighted by Crippen LogP contribution is -2.01. The van der Waals surface area contributed by atoms with Gasteiger partial charge < -0.3 is 4.98 Å². The smallest absolute Gasteiger partial charge is 0.166 e. The van der Waals surface area contributed by atoms with Crippen LogP contribution in [0.2, 0.25) is 0 Å². The number of fused-ring (bicyclic) bond motifs is 1. The van der Waals surface area contributed by atoms with E-state index in [0.717, 1.165) is 10.9 Å². The second-order valence-corrected chi connectivity index (χ2v) is 5.96. The molecule has 88 valence electrons. The molecule has 0 unspecified atom stereocenters. The number of aromatic nitrogens is 2. The van der Waals surface area contributed by atoms with Gasteiger partial charge in [0.25, 0.3) is 0 Å². The zero-order valence-corrected chi connectivity index (χ0v) is 11.0. The fourth-order valence-corrected chi connectivity index (χ4v) is 3.57. The van der Waals surface area contributed by atoms with Gasteiger partial charge in [0.05, 0.1) is 5.69 Å². The number of H-pyrrole nitrogens is 1. The Morgan fingerprint density at radius 3 is 2.35 bits per heavy atom. The SMILES string of the molecule is Cc1nc(SC2Cc3ccccc3C2)[nH]c1C. The van der Waals surface area contributed by atoms with Crippen LogP contribution in [0, 0.1) is 13.8 Å². The number of aryl methyl sites for hydroxylation is 2. The molecule has 0 saturated heterocycles. The van der Waals surface area contributed by atoms with Crippen LogP contribution in [0.1, 0.15) is 22.5 Å². The first-order valence-electron chi connectivity index (χ1n) is 5.99. The fraction of sp³-hybridized carbons (Fsp3) is 0.357. The van der Waals surface area contributed by atoms with Gasteiger partial charge in [-0.2, -0.15) is 0 Å².